The Morgan fingerprint density at radius 1 is 0.733 bits per heavy atom. The molecule has 0 aliphatic carbocycles. The summed E-state index contributed by atoms with van der Waals surface area (Å²) in [6, 6.07) is 0. The van der Waals surface area contributed by atoms with E-state index in [0.717, 1.165) is 0 Å². The molecule has 0 aliphatic rings. The average Bonchev–Trinajstić information content (AvgIpc) is 2.28. The van der Waals surface area contributed by atoms with Crippen LogP contribution in [0, 0.1) is 0 Å². The Kier molecular flexibility index (Phi) is 9.99. The van der Waals surface area contributed by atoms with Gasteiger partial charge in [-0.05, 0) is 25.7 Å². The van der Waals surface area contributed by atoms with Crippen molar-refractivity contribution in [2.24, 2.45) is 0 Å². The maximum Gasteiger partial charge on any atom is 0.116 e. The topological polar surface area (TPSA) is 9.23 Å². The molecule has 0 aromatic rings. The number of halogens is 4. The molecule has 0 N–H and O–H groups in total. The lowest BCUT2D eigenvalue weighted by Crippen LogP contribution is -2.26. The molecule has 0 aromatic carbocycles. The van der Waals surface area contributed by atoms with Crippen molar-refractivity contribution >= 4 is 0 Å². The van der Waals surface area contributed by atoms with E-state index in [0.29, 0.717) is 0 Å². The Morgan fingerprint density at radius 2 is 1.13 bits per heavy atom. The predicted molar refractivity (Wildman–Crippen MR) is 51.0 cm³/mol. The number of hydrogen-bond donors (Lipinski definition) is 0. The van der Waals surface area contributed by atoms with Gasteiger partial charge in [-0.1, -0.05) is 0 Å². The van der Waals surface area contributed by atoms with E-state index in [2.05, 4.69) is 0 Å². The minimum Gasteiger partial charge on any atom is -0.370 e. The van der Waals surface area contributed by atoms with Crippen molar-refractivity contribution in [3.63, 3.8) is 0 Å². The fourth-order valence-electron chi connectivity index (χ4n) is 1.24. The van der Waals surface area contributed by atoms with Gasteiger partial charge >= 0.3 is 0 Å². The standard InChI is InChI=1S/C10H18F4O/c11-5-1-3-9(7-13)15-10(8-14)4-2-6-12/h9-10H,1-8H2. The quantitative estimate of drug-likeness (QED) is 0.524. The first-order chi connectivity index (χ1) is 7.28. The summed E-state index contributed by atoms with van der Waals surface area (Å²) in [7, 11) is 0. The van der Waals surface area contributed by atoms with E-state index in [9.17, 15) is 17.6 Å². The van der Waals surface area contributed by atoms with Crippen LogP contribution in [-0.2, 0) is 4.74 Å². The highest BCUT2D eigenvalue weighted by Gasteiger charge is 2.16. The van der Waals surface area contributed by atoms with Gasteiger partial charge in [0.05, 0.1) is 25.6 Å². The first-order valence-corrected chi connectivity index (χ1v) is 5.17. The fraction of sp³-hybridized carbons (Fsp3) is 1.00. The molecule has 0 spiro atoms. The van der Waals surface area contributed by atoms with E-state index in [-0.39, 0.29) is 25.7 Å². The molecule has 0 aromatic heterocycles. The molecule has 0 rings (SSSR count). The van der Waals surface area contributed by atoms with Crippen molar-refractivity contribution in [2.45, 2.75) is 37.9 Å². The van der Waals surface area contributed by atoms with Crippen LogP contribution in [0.2, 0.25) is 0 Å². The van der Waals surface area contributed by atoms with Gasteiger partial charge in [-0.2, -0.15) is 0 Å². The smallest absolute Gasteiger partial charge is 0.116 e. The van der Waals surface area contributed by atoms with Gasteiger partial charge in [-0.3, -0.25) is 8.78 Å². The van der Waals surface area contributed by atoms with Crippen LogP contribution >= 0.6 is 0 Å². The zero-order valence-corrected chi connectivity index (χ0v) is 8.73. The van der Waals surface area contributed by atoms with Gasteiger partial charge in [-0.25, -0.2) is 8.78 Å². The molecule has 2 unspecified atom stereocenters. The molecule has 0 bridgehead atoms. The lowest BCUT2D eigenvalue weighted by molar-refractivity contribution is -0.0436. The van der Waals surface area contributed by atoms with Crippen molar-refractivity contribution in [3.05, 3.63) is 0 Å². The number of alkyl halides is 4. The highest BCUT2D eigenvalue weighted by atomic mass is 19.1. The van der Waals surface area contributed by atoms with E-state index in [1.165, 1.54) is 0 Å². The van der Waals surface area contributed by atoms with Crippen LogP contribution < -0.4 is 0 Å². The van der Waals surface area contributed by atoms with Crippen molar-refractivity contribution in [3.8, 4) is 0 Å². The number of hydrogen-bond acceptors (Lipinski definition) is 1. The van der Waals surface area contributed by atoms with Crippen molar-refractivity contribution in [1.82, 2.24) is 0 Å². The third-order valence-corrected chi connectivity index (χ3v) is 2.05. The lowest BCUT2D eigenvalue weighted by atomic mass is 10.2. The Bertz CT molecular complexity index is 121. The van der Waals surface area contributed by atoms with Gasteiger partial charge in [0.25, 0.3) is 0 Å². The summed E-state index contributed by atoms with van der Waals surface area (Å²) >= 11 is 0. The summed E-state index contributed by atoms with van der Waals surface area (Å²) in [5.41, 5.74) is 0. The molecule has 15 heavy (non-hydrogen) atoms. The second-order valence-electron chi connectivity index (χ2n) is 3.35. The lowest BCUT2D eigenvalue weighted by Gasteiger charge is -2.20. The molecular formula is C10H18F4O. The minimum absolute atomic E-state index is 0.205. The Hall–Kier alpha value is -0.320. The molecule has 5 heteroatoms. The normalized spacial score (nSPS) is 15.2. The van der Waals surface area contributed by atoms with Gasteiger partial charge in [-0.15, -0.1) is 0 Å². The number of rotatable bonds is 10. The molecule has 0 saturated heterocycles. The van der Waals surface area contributed by atoms with Gasteiger partial charge in [0.15, 0.2) is 0 Å². The van der Waals surface area contributed by atoms with Gasteiger partial charge in [0.1, 0.15) is 13.3 Å². The summed E-state index contributed by atoms with van der Waals surface area (Å²) in [6.07, 6.45) is -0.645. The molecule has 1 nitrogen and oxygen atoms in total. The third-order valence-electron chi connectivity index (χ3n) is 2.05. The molecule has 2 atom stereocenters. The van der Waals surface area contributed by atoms with Crippen LogP contribution in [0.3, 0.4) is 0 Å². The summed E-state index contributed by atoms with van der Waals surface area (Å²) in [6.45, 7) is -2.59. The van der Waals surface area contributed by atoms with Crippen LogP contribution in [0.4, 0.5) is 17.6 Å². The van der Waals surface area contributed by atoms with Gasteiger partial charge < -0.3 is 4.74 Å². The van der Waals surface area contributed by atoms with E-state index in [4.69, 9.17) is 4.74 Å². The summed E-state index contributed by atoms with van der Waals surface area (Å²) in [5.74, 6) is 0. The maximum atomic E-state index is 12.4. The highest BCUT2D eigenvalue weighted by molar-refractivity contribution is 4.63. The Balaban J connectivity index is 3.77. The SMILES string of the molecule is FCCCC(CF)OC(CF)CCCF. The molecule has 0 amide bonds. The summed E-state index contributed by atoms with van der Waals surface area (Å²) in [5, 5.41) is 0. The Labute approximate surface area is 87.8 Å². The average molecular weight is 230 g/mol. The van der Waals surface area contributed by atoms with E-state index in [1.807, 2.05) is 0 Å². The van der Waals surface area contributed by atoms with Crippen LogP contribution in [0.15, 0.2) is 0 Å². The van der Waals surface area contributed by atoms with Crippen LogP contribution in [0.1, 0.15) is 25.7 Å². The van der Waals surface area contributed by atoms with Crippen LogP contribution in [0.5, 0.6) is 0 Å². The molecule has 0 saturated carbocycles. The second kappa shape index (κ2) is 10.2. The highest BCUT2D eigenvalue weighted by Crippen LogP contribution is 2.12. The van der Waals surface area contributed by atoms with Crippen molar-refractivity contribution in [1.29, 1.82) is 0 Å². The predicted octanol–water partition coefficient (Wildman–Crippen LogP) is 3.18. The molecule has 0 fully saturated rings. The van der Waals surface area contributed by atoms with E-state index in [1.54, 1.807) is 0 Å². The van der Waals surface area contributed by atoms with E-state index >= 15 is 0 Å². The minimum atomic E-state index is -0.763. The molecule has 0 aliphatic heterocycles. The van der Waals surface area contributed by atoms with Crippen molar-refractivity contribution < 1.29 is 22.3 Å². The van der Waals surface area contributed by atoms with Gasteiger partial charge in [0, 0.05) is 0 Å². The Morgan fingerprint density at radius 3 is 1.40 bits per heavy atom. The monoisotopic (exact) mass is 230 g/mol. The summed E-state index contributed by atoms with van der Waals surface area (Å²) < 4.78 is 53.4. The molecular weight excluding hydrogens is 212 g/mol. The largest absolute Gasteiger partial charge is 0.370 e. The molecule has 0 radical (unpaired) electrons. The van der Waals surface area contributed by atoms with Crippen LogP contribution in [-0.4, -0.2) is 38.9 Å². The van der Waals surface area contributed by atoms with E-state index < -0.39 is 38.9 Å². The maximum absolute atomic E-state index is 12.4. The number of ether oxygens (including phenoxy) is 1. The molecule has 92 valence electrons. The molecule has 0 heterocycles. The zero-order valence-electron chi connectivity index (χ0n) is 8.73. The first-order valence-electron chi connectivity index (χ1n) is 5.17. The van der Waals surface area contributed by atoms with Crippen molar-refractivity contribution in [2.75, 3.05) is 26.7 Å². The fourth-order valence-corrected chi connectivity index (χ4v) is 1.24. The van der Waals surface area contributed by atoms with Gasteiger partial charge in [0.2, 0.25) is 0 Å². The zero-order chi connectivity index (χ0) is 11.5. The first kappa shape index (κ1) is 14.7. The third kappa shape index (κ3) is 7.59. The second-order valence-corrected chi connectivity index (χ2v) is 3.35. The summed E-state index contributed by atoms with van der Waals surface area (Å²) in [4.78, 5) is 0. The van der Waals surface area contributed by atoms with Crippen LogP contribution in [0.25, 0.3) is 0 Å².